The van der Waals surface area contributed by atoms with Gasteiger partial charge in [-0.2, -0.15) is 0 Å². The highest BCUT2D eigenvalue weighted by atomic mass is 16.8. The summed E-state index contributed by atoms with van der Waals surface area (Å²) in [4.78, 5) is 26.6. The van der Waals surface area contributed by atoms with Crippen LogP contribution < -0.4 is 11.2 Å². The normalized spacial score (nSPS) is 23.9. The van der Waals surface area contributed by atoms with Gasteiger partial charge in [-0.05, 0) is 30.5 Å². The van der Waals surface area contributed by atoms with Crippen molar-refractivity contribution in [3.05, 3.63) is 141 Å². The molecule has 6 rings (SSSR count). The molecule has 0 unspecified atom stereocenters. The number of aromatic amines is 1. The lowest BCUT2D eigenvalue weighted by atomic mass is 9.80. The third-order valence-electron chi connectivity index (χ3n) is 7.26. The number of fused-ring (bicyclic) bond motifs is 1. The smallest absolute Gasteiger partial charge is 0.330 e. The predicted octanol–water partition coefficient (Wildman–Crippen LogP) is 3.96. The van der Waals surface area contributed by atoms with Gasteiger partial charge in [-0.1, -0.05) is 91.0 Å². The summed E-state index contributed by atoms with van der Waals surface area (Å²) in [5, 5.41) is 0. The van der Waals surface area contributed by atoms with Gasteiger partial charge in [0.15, 0.2) is 12.0 Å². The SMILES string of the molecule is CC1(C)O[C@@H]2[C@H](O1)[C@H](COC(c1ccccc1)(c1ccccc1)c1ccccc1)O[C@H]2n1ccc(=O)[nH]c1=O. The summed E-state index contributed by atoms with van der Waals surface area (Å²) in [6.07, 6.45) is -1.01. The topological polar surface area (TPSA) is 91.8 Å². The molecule has 0 spiro atoms. The van der Waals surface area contributed by atoms with Crippen LogP contribution in [0.3, 0.4) is 0 Å². The van der Waals surface area contributed by atoms with Crippen molar-refractivity contribution < 1.29 is 18.9 Å². The molecule has 8 heteroatoms. The molecule has 3 aromatic carbocycles. The van der Waals surface area contributed by atoms with E-state index in [2.05, 4.69) is 41.4 Å². The Morgan fingerprint density at radius 2 is 1.31 bits per heavy atom. The van der Waals surface area contributed by atoms with Crippen molar-refractivity contribution >= 4 is 0 Å². The van der Waals surface area contributed by atoms with Crippen molar-refractivity contribution in [3.63, 3.8) is 0 Å². The van der Waals surface area contributed by atoms with Gasteiger partial charge >= 0.3 is 5.69 Å². The second-order valence-corrected chi connectivity index (χ2v) is 10.2. The van der Waals surface area contributed by atoms with Gasteiger partial charge in [-0.3, -0.25) is 14.3 Å². The van der Waals surface area contributed by atoms with Crippen molar-refractivity contribution in [1.82, 2.24) is 9.55 Å². The van der Waals surface area contributed by atoms with Crippen LogP contribution in [0.4, 0.5) is 0 Å². The number of nitrogens with zero attached hydrogens (tertiary/aromatic N) is 1. The van der Waals surface area contributed by atoms with Crippen LogP contribution in [0.1, 0.15) is 36.8 Å². The monoisotopic (exact) mass is 526 g/mol. The number of benzene rings is 3. The highest BCUT2D eigenvalue weighted by Crippen LogP contribution is 2.45. The Kier molecular flexibility index (Phi) is 6.56. The molecule has 2 aliphatic heterocycles. The van der Waals surface area contributed by atoms with Crippen LogP contribution in [0.2, 0.25) is 0 Å². The van der Waals surface area contributed by atoms with Gasteiger partial charge in [-0.25, -0.2) is 4.79 Å². The Morgan fingerprint density at radius 1 is 0.795 bits per heavy atom. The van der Waals surface area contributed by atoms with Gasteiger partial charge < -0.3 is 18.9 Å². The highest BCUT2D eigenvalue weighted by Gasteiger charge is 2.56. The average Bonchev–Trinajstić information content (AvgIpc) is 3.44. The lowest BCUT2D eigenvalue weighted by Gasteiger charge is -2.37. The van der Waals surface area contributed by atoms with Crippen LogP contribution in [0.25, 0.3) is 0 Å². The van der Waals surface area contributed by atoms with E-state index in [0.29, 0.717) is 0 Å². The van der Waals surface area contributed by atoms with Gasteiger partial charge in [-0.15, -0.1) is 0 Å². The van der Waals surface area contributed by atoms with Crippen LogP contribution in [-0.2, 0) is 24.5 Å². The van der Waals surface area contributed by atoms with E-state index < -0.39 is 47.2 Å². The van der Waals surface area contributed by atoms with Crippen molar-refractivity contribution in [2.75, 3.05) is 6.61 Å². The molecule has 200 valence electrons. The first-order chi connectivity index (χ1) is 18.9. The molecule has 2 saturated heterocycles. The summed E-state index contributed by atoms with van der Waals surface area (Å²) in [5.74, 6) is -0.878. The molecule has 4 aromatic rings. The first-order valence-corrected chi connectivity index (χ1v) is 13.0. The number of nitrogens with one attached hydrogen (secondary N) is 1. The van der Waals surface area contributed by atoms with Crippen LogP contribution in [0.5, 0.6) is 0 Å². The molecular formula is C31H30N2O6. The van der Waals surface area contributed by atoms with E-state index in [9.17, 15) is 9.59 Å². The molecule has 0 amide bonds. The van der Waals surface area contributed by atoms with E-state index in [1.807, 2.05) is 68.4 Å². The molecule has 3 heterocycles. The number of ether oxygens (including phenoxy) is 4. The lowest BCUT2D eigenvalue weighted by Crippen LogP contribution is -2.39. The minimum Gasteiger partial charge on any atom is -0.358 e. The molecule has 2 aliphatic rings. The van der Waals surface area contributed by atoms with Crippen LogP contribution in [0.15, 0.2) is 113 Å². The Morgan fingerprint density at radius 3 is 1.82 bits per heavy atom. The maximum atomic E-state index is 12.7. The number of aromatic nitrogens is 2. The van der Waals surface area contributed by atoms with Gasteiger partial charge in [0, 0.05) is 12.3 Å². The number of rotatable bonds is 7. The molecule has 1 aromatic heterocycles. The second-order valence-electron chi connectivity index (χ2n) is 10.2. The number of hydrogen-bond acceptors (Lipinski definition) is 6. The minimum absolute atomic E-state index is 0.147. The third kappa shape index (κ3) is 4.66. The van der Waals surface area contributed by atoms with Crippen molar-refractivity contribution in [2.24, 2.45) is 0 Å². The standard InChI is InChI=1S/C31H30N2O6/c1-30(2)38-26-24(37-28(27(26)39-30)33-19-18-25(34)32-29(33)35)20-36-31(21-12-6-3-7-13-21,22-14-8-4-9-15-22)23-16-10-5-11-17-23/h3-19,24,26-28H,20H2,1-2H3,(H,32,34,35)/t24-,26+,27+,28+/m0/s1. The first kappa shape index (κ1) is 25.5. The largest absolute Gasteiger partial charge is 0.358 e. The summed E-state index contributed by atoms with van der Waals surface area (Å²) in [5.41, 5.74) is 0.906. The summed E-state index contributed by atoms with van der Waals surface area (Å²) >= 11 is 0. The number of H-pyrrole nitrogens is 1. The third-order valence-corrected chi connectivity index (χ3v) is 7.26. The molecule has 8 nitrogen and oxygen atoms in total. The zero-order valence-corrected chi connectivity index (χ0v) is 21.7. The lowest BCUT2D eigenvalue weighted by molar-refractivity contribution is -0.205. The van der Waals surface area contributed by atoms with Crippen molar-refractivity contribution in [1.29, 1.82) is 0 Å². The Labute approximate surface area is 225 Å². The molecule has 39 heavy (non-hydrogen) atoms. The van der Waals surface area contributed by atoms with Gasteiger partial charge in [0.2, 0.25) is 0 Å². The Hall–Kier alpha value is -3.82. The summed E-state index contributed by atoms with van der Waals surface area (Å²) < 4.78 is 27.2. The van der Waals surface area contributed by atoms with Crippen LogP contribution >= 0.6 is 0 Å². The maximum Gasteiger partial charge on any atom is 0.330 e. The number of hydrogen-bond donors (Lipinski definition) is 1. The van der Waals surface area contributed by atoms with E-state index in [0.717, 1.165) is 16.7 Å². The molecule has 0 saturated carbocycles. The molecule has 0 radical (unpaired) electrons. The summed E-state index contributed by atoms with van der Waals surface area (Å²) in [7, 11) is 0. The van der Waals surface area contributed by atoms with Crippen molar-refractivity contribution in [2.45, 2.75) is 49.8 Å². The van der Waals surface area contributed by atoms with Gasteiger partial charge in [0.05, 0.1) is 6.61 Å². The fraction of sp³-hybridized carbons (Fsp3) is 0.290. The first-order valence-electron chi connectivity index (χ1n) is 13.0. The van der Waals surface area contributed by atoms with E-state index in [4.69, 9.17) is 18.9 Å². The highest BCUT2D eigenvalue weighted by molar-refractivity contribution is 5.47. The molecule has 0 bridgehead atoms. The molecule has 4 atom stereocenters. The summed E-state index contributed by atoms with van der Waals surface area (Å²) in [6, 6.07) is 31.5. The molecule has 0 aliphatic carbocycles. The average molecular weight is 527 g/mol. The van der Waals surface area contributed by atoms with E-state index in [-0.39, 0.29) is 6.61 Å². The van der Waals surface area contributed by atoms with Gasteiger partial charge in [0.25, 0.3) is 5.56 Å². The molecular weight excluding hydrogens is 496 g/mol. The van der Waals surface area contributed by atoms with Crippen LogP contribution in [-0.4, -0.2) is 40.3 Å². The van der Waals surface area contributed by atoms with Crippen molar-refractivity contribution in [3.8, 4) is 0 Å². The fourth-order valence-corrected chi connectivity index (χ4v) is 5.62. The maximum absolute atomic E-state index is 12.7. The molecule has 2 fully saturated rings. The zero-order valence-electron chi connectivity index (χ0n) is 21.7. The van der Waals surface area contributed by atoms with Gasteiger partial charge in [0.1, 0.15) is 23.9 Å². The fourth-order valence-electron chi connectivity index (χ4n) is 5.62. The van der Waals surface area contributed by atoms with E-state index in [1.165, 1.54) is 16.8 Å². The predicted molar refractivity (Wildman–Crippen MR) is 144 cm³/mol. The second kappa shape index (κ2) is 10.1. The van der Waals surface area contributed by atoms with Crippen LogP contribution in [0, 0.1) is 0 Å². The van der Waals surface area contributed by atoms with E-state index >= 15 is 0 Å². The van der Waals surface area contributed by atoms with E-state index in [1.54, 1.807) is 0 Å². The zero-order chi connectivity index (χ0) is 27.0. The minimum atomic E-state index is -0.940. The Bertz CT molecular complexity index is 1440. The molecule has 1 N–H and O–H groups in total. The Balaban J connectivity index is 1.40. The quantitative estimate of drug-likeness (QED) is 0.367. The summed E-state index contributed by atoms with van der Waals surface area (Å²) in [6.45, 7) is 3.81.